The fraction of sp³-hybridized carbons (Fsp3) is 0.542. The van der Waals surface area contributed by atoms with Crippen molar-refractivity contribution in [2.75, 3.05) is 5.32 Å². The van der Waals surface area contributed by atoms with Crippen LogP contribution >= 0.6 is 15.9 Å². The van der Waals surface area contributed by atoms with Crippen LogP contribution in [-0.2, 0) is 26.1 Å². The summed E-state index contributed by atoms with van der Waals surface area (Å²) in [6.07, 6.45) is 3.66. The molecule has 190 valence electrons. The van der Waals surface area contributed by atoms with E-state index >= 15 is 0 Å². The van der Waals surface area contributed by atoms with E-state index in [1.54, 1.807) is 45.2 Å². The van der Waals surface area contributed by atoms with Gasteiger partial charge < -0.3 is 10.1 Å². The van der Waals surface area contributed by atoms with E-state index in [9.17, 15) is 17.6 Å². The van der Waals surface area contributed by atoms with E-state index in [1.165, 1.54) is 6.92 Å². The second-order valence-corrected chi connectivity index (χ2v) is 12.7. The third-order valence-electron chi connectivity index (χ3n) is 6.17. The van der Waals surface area contributed by atoms with E-state index in [4.69, 9.17) is 4.74 Å². The SMILES string of the molecule is C[C@H](C(=O)OC(C)(C)C)N1Cc2ccc(-c3nc(N[C@H]4CCCC[C@H]4F)ncc3Br)cc2S1(=O)=O. The summed E-state index contributed by atoms with van der Waals surface area (Å²) in [4.78, 5) is 21.5. The van der Waals surface area contributed by atoms with Crippen molar-refractivity contribution >= 4 is 37.9 Å². The summed E-state index contributed by atoms with van der Waals surface area (Å²) in [5, 5.41) is 3.09. The van der Waals surface area contributed by atoms with Crippen LogP contribution in [0.25, 0.3) is 11.3 Å². The van der Waals surface area contributed by atoms with Gasteiger partial charge in [-0.05, 0) is 68.1 Å². The summed E-state index contributed by atoms with van der Waals surface area (Å²) in [5.41, 5.74) is 0.928. The van der Waals surface area contributed by atoms with E-state index in [1.807, 2.05) is 0 Å². The average Bonchev–Trinajstić information content (AvgIpc) is 3.05. The van der Waals surface area contributed by atoms with Gasteiger partial charge in [-0.25, -0.2) is 22.8 Å². The Bertz CT molecular complexity index is 1230. The van der Waals surface area contributed by atoms with Crippen LogP contribution < -0.4 is 5.32 Å². The Kier molecular flexibility index (Phi) is 7.23. The van der Waals surface area contributed by atoms with Gasteiger partial charge in [0.05, 0.1) is 21.1 Å². The first kappa shape index (κ1) is 26.0. The fourth-order valence-corrected chi connectivity index (χ4v) is 6.58. The Morgan fingerprint density at radius 1 is 1.29 bits per heavy atom. The lowest BCUT2D eigenvalue weighted by atomic mass is 9.94. The fourth-order valence-electron chi connectivity index (χ4n) is 4.35. The molecule has 1 aromatic heterocycles. The predicted octanol–water partition coefficient (Wildman–Crippen LogP) is 4.83. The molecule has 35 heavy (non-hydrogen) atoms. The number of rotatable bonds is 5. The van der Waals surface area contributed by atoms with Crippen LogP contribution in [0.4, 0.5) is 10.3 Å². The van der Waals surface area contributed by atoms with E-state index in [0.717, 1.165) is 17.1 Å². The Hall–Kier alpha value is -2.11. The molecule has 0 spiro atoms. The van der Waals surface area contributed by atoms with Crippen molar-refractivity contribution in [1.29, 1.82) is 0 Å². The van der Waals surface area contributed by atoms with Crippen molar-refractivity contribution < 1.29 is 22.3 Å². The van der Waals surface area contributed by atoms with Crippen LogP contribution in [-0.4, -0.2) is 52.5 Å². The number of hydrogen-bond donors (Lipinski definition) is 1. The summed E-state index contributed by atoms with van der Waals surface area (Å²) in [7, 11) is -3.92. The van der Waals surface area contributed by atoms with Gasteiger partial charge in [0.1, 0.15) is 17.8 Å². The summed E-state index contributed by atoms with van der Waals surface area (Å²) in [6, 6.07) is 3.75. The van der Waals surface area contributed by atoms with Crippen molar-refractivity contribution in [3.8, 4) is 11.3 Å². The molecule has 11 heteroatoms. The molecule has 2 heterocycles. The molecule has 1 aromatic carbocycles. The third-order valence-corrected chi connectivity index (χ3v) is 8.75. The molecule has 0 amide bonds. The second kappa shape index (κ2) is 9.74. The minimum absolute atomic E-state index is 0.0790. The lowest BCUT2D eigenvalue weighted by Gasteiger charge is -2.26. The van der Waals surface area contributed by atoms with Gasteiger partial charge in [0.15, 0.2) is 0 Å². The van der Waals surface area contributed by atoms with Crippen LogP contribution in [0.1, 0.15) is 58.9 Å². The maximum atomic E-state index is 14.3. The first-order valence-corrected chi connectivity index (χ1v) is 13.9. The molecule has 3 atom stereocenters. The van der Waals surface area contributed by atoms with E-state index in [2.05, 4.69) is 31.2 Å². The highest BCUT2D eigenvalue weighted by atomic mass is 79.9. The molecule has 1 fully saturated rings. The van der Waals surface area contributed by atoms with E-state index < -0.39 is 33.8 Å². The minimum Gasteiger partial charge on any atom is -0.459 e. The number of aromatic nitrogens is 2. The Morgan fingerprint density at radius 3 is 2.69 bits per heavy atom. The topological polar surface area (TPSA) is 101 Å². The molecule has 0 saturated heterocycles. The number of carbonyl (C=O) groups is 1. The van der Waals surface area contributed by atoms with Gasteiger partial charge >= 0.3 is 5.97 Å². The third kappa shape index (κ3) is 5.51. The van der Waals surface area contributed by atoms with Gasteiger partial charge in [-0.1, -0.05) is 25.0 Å². The summed E-state index contributed by atoms with van der Waals surface area (Å²) < 4.78 is 48.1. The van der Waals surface area contributed by atoms with E-state index in [0.29, 0.717) is 40.1 Å². The molecular formula is C24H30BrFN4O4S. The first-order chi connectivity index (χ1) is 16.4. The lowest BCUT2D eigenvalue weighted by molar-refractivity contribution is -0.159. The minimum atomic E-state index is -3.92. The zero-order chi connectivity index (χ0) is 25.5. The Balaban J connectivity index is 1.61. The van der Waals surface area contributed by atoms with Crippen molar-refractivity contribution in [2.24, 2.45) is 0 Å². The van der Waals surface area contributed by atoms with Crippen LogP contribution in [0, 0.1) is 0 Å². The zero-order valence-corrected chi connectivity index (χ0v) is 22.6. The van der Waals surface area contributed by atoms with Crippen molar-refractivity contribution in [2.45, 2.75) is 88.7 Å². The highest BCUT2D eigenvalue weighted by Crippen LogP contribution is 2.37. The number of nitrogens with zero attached hydrogens (tertiary/aromatic N) is 3. The van der Waals surface area contributed by atoms with Crippen molar-refractivity contribution in [3.63, 3.8) is 0 Å². The molecule has 1 aliphatic carbocycles. The number of carbonyl (C=O) groups excluding carboxylic acids is 1. The van der Waals surface area contributed by atoms with Gasteiger partial charge in [-0.15, -0.1) is 0 Å². The number of sulfonamides is 1. The largest absolute Gasteiger partial charge is 0.459 e. The van der Waals surface area contributed by atoms with Gasteiger partial charge in [-0.3, -0.25) is 4.79 Å². The second-order valence-electron chi connectivity index (χ2n) is 10.0. The standard InChI is InChI=1S/C24H30BrFN4O4S/c1-14(22(31)34-24(2,3)4)30-13-16-10-9-15(11-20(16)35(30,32)33)21-17(25)12-27-23(29-21)28-19-8-6-5-7-18(19)26/h9-12,14,18-19H,5-8,13H2,1-4H3,(H,27,28,29)/t14-,18-,19+/m1/s1. The lowest BCUT2D eigenvalue weighted by Crippen LogP contribution is -2.42. The van der Waals surface area contributed by atoms with Gasteiger partial charge in [0.2, 0.25) is 16.0 Å². The molecule has 2 aliphatic rings. The summed E-state index contributed by atoms with van der Waals surface area (Å²) >= 11 is 3.45. The highest BCUT2D eigenvalue weighted by molar-refractivity contribution is 9.10. The van der Waals surface area contributed by atoms with E-state index in [-0.39, 0.29) is 17.5 Å². The number of anilines is 1. The Labute approximate surface area is 213 Å². The van der Waals surface area contributed by atoms with Gasteiger partial charge in [0.25, 0.3) is 0 Å². The number of fused-ring (bicyclic) bond motifs is 1. The van der Waals surface area contributed by atoms with Crippen molar-refractivity contribution in [3.05, 3.63) is 34.4 Å². The number of halogens is 2. The Morgan fingerprint density at radius 2 is 2.00 bits per heavy atom. The molecule has 1 N–H and O–H groups in total. The molecule has 0 unspecified atom stereocenters. The summed E-state index contributed by atoms with van der Waals surface area (Å²) in [5.74, 6) is -0.307. The van der Waals surface area contributed by atoms with Gasteiger partial charge in [0, 0.05) is 18.3 Å². The van der Waals surface area contributed by atoms with Crippen LogP contribution in [0.5, 0.6) is 0 Å². The van der Waals surface area contributed by atoms with Crippen LogP contribution in [0.15, 0.2) is 33.8 Å². The summed E-state index contributed by atoms with van der Waals surface area (Å²) in [6.45, 7) is 6.82. The zero-order valence-electron chi connectivity index (χ0n) is 20.2. The maximum absolute atomic E-state index is 14.3. The molecule has 0 radical (unpaired) electrons. The van der Waals surface area contributed by atoms with Crippen molar-refractivity contribution in [1.82, 2.24) is 14.3 Å². The molecule has 4 rings (SSSR count). The first-order valence-electron chi connectivity index (χ1n) is 11.7. The quantitative estimate of drug-likeness (QED) is 0.515. The highest BCUT2D eigenvalue weighted by Gasteiger charge is 2.41. The average molecular weight is 569 g/mol. The number of esters is 1. The number of alkyl halides is 1. The monoisotopic (exact) mass is 568 g/mol. The van der Waals surface area contributed by atoms with Crippen LogP contribution in [0.2, 0.25) is 0 Å². The molecule has 2 aromatic rings. The molecular weight excluding hydrogens is 539 g/mol. The smallest absolute Gasteiger partial charge is 0.324 e. The molecule has 1 aliphatic heterocycles. The molecule has 1 saturated carbocycles. The molecule has 8 nitrogen and oxygen atoms in total. The number of benzene rings is 1. The number of nitrogens with one attached hydrogen (secondary N) is 1. The maximum Gasteiger partial charge on any atom is 0.324 e. The number of hydrogen-bond acceptors (Lipinski definition) is 7. The normalized spacial score (nSPS) is 22.9. The number of ether oxygens (including phenoxy) is 1. The van der Waals surface area contributed by atoms with Crippen LogP contribution in [0.3, 0.4) is 0 Å². The predicted molar refractivity (Wildman–Crippen MR) is 134 cm³/mol. The van der Waals surface area contributed by atoms with Gasteiger partial charge in [-0.2, -0.15) is 4.31 Å². The molecule has 0 bridgehead atoms.